The highest BCUT2D eigenvalue weighted by atomic mass is 16.2. The van der Waals surface area contributed by atoms with Crippen LogP contribution >= 0.6 is 0 Å². The molecule has 5 rings (SSSR count). The van der Waals surface area contributed by atoms with E-state index >= 15 is 0 Å². The van der Waals surface area contributed by atoms with E-state index in [-0.39, 0.29) is 41.0 Å². The van der Waals surface area contributed by atoms with Crippen LogP contribution < -0.4 is 10.6 Å². The van der Waals surface area contributed by atoms with Gasteiger partial charge in [0.15, 0.2) is 0 Å². The molecule has 1 saturated carbocycles. The number of anilines is 1. The zero-order valence-corrected chi connectivity index (χ0v) is 19.6. The number of allylic oxidation sites excluding steroid dienone is 2. The number of benzene rings is 1. The molecule has 2 unspecified atom stereocenters. The predicted octanol–water partition coefficient (Wildman–Crippen LogP) is 4.38. The van der Waals surface area contributed by atoms with Crippen LogP contribution in [-0.4, -0.2) is 41.8 Å². The maximum Gasteiger partial charge on any atom is 0.251 e. The Labute approximate surface area is 196 Å². The molecule has 4 aliphatic rings. The molecule has 0 radical (unpaired) electrons. The molecule has 2 heterocycles. The molecule has 2 N–H and O–H groups in total. The van der Waals surface area contributed by atoms with E-state index in [1.165, 1.54) is 12.8 Å². The van der Waals surface area contributed by atoms with Gasteiger partial charge in [-0.1, -0.05) is 31.9 Å². The van der Waals surface area contributed by atoms with E-state index in [4.69, 9.17) is 0 Å². The molecule has 3 amide bonds. The summed E-state index contributed by atoms with van der Waals surface area (Å²) >= 11 is 0. The van der Waals surface area contributed by atoms with Crippen molar-refractivity contribution in [3.63, 3.8) is 0 Å². The van der Waals surface area contributed by atoms with Crippen molar-refractivity contribution in [2.24, 2.45) is 11.3 Å². The number of rotatable bonds is 4. The molecule has 2 aliphatic heterocycles. The summed E-state index contributed by atoms with van der Waals surface area (Å²) < 4.78 is 0. The number of fused-ring (bicyclic) bond motifs is 1. The number of carbonyl (C=O) groups is 3. The van der Waals surface area contributed by atoms with Gasteiger partial charge in [0.1, 0.15) is 0 Å². The average molecular weight is 450 g/mol. The van der Waals surface area contributed by atoms with Crippen molar-refractivity contribution in [2.45, 2.75) is 76.7 Å². The zero-order valence-electron chi connectivity index (χ0n) is 19.6. The molecule has 1 saturated heterocycles. The Hall–Kier alpha value is -2.63. The van der Waals surface area contributed by atoms with E-state index in [1.54, 1.807) is 0 Å². The molecular weight excluding hydrogens is 414 g/mol. The number of amides is 3. The molecular formula is C27H35N3O3. The maximum absolute atomic E-state index is 13.2. The first-order valence-electron chi connectivity index (χ1n) is 12.6. The van der Waals surface area contributed by atoms with E-state index in [2.05, 4.69) is 29.7 Å². The number of nitrogens with zero attached hydrogens (tertiary/aromatic N) is 1. The van der Waals surface area contributed by atoms with Crippen LogP contribution in [0.2, 0.25) is 0 Å². The van der Waals surface area contributed by atoms with Crippen LogP contribution in [0.25, 0.3) is 0 Å². The van der Waals surface area contributed by atoms with Crippen LogP contribution in [0, 0.1) is 11.3 Å². The third kappa shape index (κ3) is 4.32. The topological polar surface area (TPSA) is 78.5 Å². The minimum Gasteiger partial charge on any atom is -0.349 e. The Kier molecular flexibility index (Phi) is 6.02. The lowest BCUT2D eigenvalue weighted by Crippen LogP contribution is -2.47. The van der Waals surface area contributed by atoms with Crippen LogP contribution in [0.1, 0.15) is 86.6 Å². The van der Waals surface area contributed by atoms with E-state index in [9.17, 15) is 14.4 Å². The van der Waals surface area contributed by atoms with Gasteiger partial charge in [0.25, 0.3) is 5.91 Å². The summed E-state index contributed by atoms with van der Waals surface area (Å²) in [5, 5.41) is 6.17. The van der Waals surface area contributed by atoms with Gasteiger partial charge in [-0.15, -0.1) is 0 Å². The molecule has 2 fully saturated rings. The van der Waals surface area contributed by atoms with Crippen molar-refractivity contribution in [2.75, 3.05) is 18.4 Å². The molecule has 176 valence electrons. The van der Waals surface area contributed by atoms with Gasteiger partial charge in [-0.05, 0) is 74.6 Å². The normalized spacial score (nSPS) is 28.0. The van der Waals surface area contributed by atoms with Gasteiger partial charge < -0.3 is 15.5 Å². The van der Waals surface area contributed by atoms with Crippen molar-refractivity contribution < 1.29 is 14.4 Å². The monoisotopic (exact) mass is 449 g/mol. The quantitative estimate of drug-likeness (QED) is 0.670. The molecule has 1 aromatic carbocycles. The van der Waals surface area contributed by atoms with Crippen LogP contribution in [0.15, 0.2) is 30.4 Å². The highest BCUT2D eigenvalue weighted by Gasteiger charge is 2.42. The lowest BCUT2D eigenvalue weighted by atomic mass is 9.76. The Morgan fingerprint density at radius 3 is 2.55 bits per heavy atom. The molecule has 2 aliphatic carbocycles. The largest absolute Gasteiger partial charge is 0.349 e. The second-order valence-electron chi connectivity index (χ2n) is 10.6. The van der Waals surface area contributed by atoms with Crippen molar-refractivity contribution >= 4 is 23.4 Å². The first-order valence-corrected chi connectivity index (χ1v) is 12.6. The smallest absolute Gasteiger partial charge is 0.251 e. The lowest BCUT2D eigenvalue weighted by molar-refractivity contribution is -0.143. The van der Waals surface area contributed by atoms with Crippen LogP contribution in [0.5, 0.6) is 0 Å². The Balaban J connectivity index is 1.26. The summed E-state index contributed by atoms with van der Waals surface area (Å²) in [7, 11) is 0. The number of hydrogen-bond acceptors (Lipinski definition) is 3. The number of piperidine rings is 1. The third-order valence-corrected chi connectivity index (χ3v) is 8.29. The summed E-state index contributed by atoms with van der Waals surface area (Å²) in [4.78, 5) is 40.9. The van der Waals surface area contributed by atoms with Gasteiger partial charge in [-0.3, -0.25) is 14.4 Å². The maximum atomic E-state index is 13.2. The van der Waals surface area contributed by atoms with Gasteiger partial charge in [-0.25, -0.2) is 0 Å². The number of nitrogens with one attached hydrogen (secondary N) is 2. The second kappa shape index (κ2) is 8.96. The highest BCUT2D eigenvalue weighted by Crippen LogP contribution is 2.43. The minimum atomic E-state index is -0.291. The van der Waals surface area contributed by atoms with Crippen LogP contribution in [0.3, 0.4) is 0 Å². The van der Waals surface area contributed by atoms with Gasteiger partial charge >= 0.3 is 0 Å². The summed E-state index contributed by atoms with van der Waals surface area (Å²) in [5.74, 6) is 0.171. The van der Waals surface area contributed by atoms with Gasteiger partial charge in [0.05, 0.1) is 11.3 Å². The molecule has 2 atom stereocenters. The van der Waals surface area contributed by atoms with Gasteiger partial charge in [-0.2, -0.15) is 0 Å². The summed E-state index contributed by atoms with van der Waals surface area (Å²) in [6.07, 6.45) is 13.1. The predicted molar refractivity (Wildman–Crippen MR) is 128 cm³/mol. The summed E-state index contributed by atoms with van der Waals surface area (Å²) in [5.41, 5.74) is 2.10. The van der Waals surface area contributed by atoms with Crippen molar-refractivity contribution in [3.05, 3.63) is 41.5 Å². The van der Waals surface area contributed by atoms with E-state index in [0.29, 0.717) is 18.7 Å². The Morgan fingerprint density at radius 2 is 1.85 bits per heavy atom. The standard InChI is InChI=1S/C27H35N3O3/c1-27(13-5-2-6-14-27)26(33)30-15-11-18(12-16-30)23-21-17-19(9-10-22(21)29-25(23)32)24(31)28-20-7-3-4-8-20/h2,5,9-10,17-18,20,23H,3-4,6-8,11-16H2,1H3,(H,28,31)(H,29,32). The van der Waals surface area contributed by atoms with Crippen molar-refractivity contribution in [3.8, 4) is 0 Å². The first-order chi connectivity index (χ1) is 15.9. The van der Waals surface area contributed by atoms with Crippen molar-refractivity contribution in [1.82, 2.24) is 10.2 Å². The van der Waals surface area contributed by atoms with E-state index in [1.807, 2.05) is 23.1 Å². The number of carbonyl (C=O) groups excluding carboxylic acids is 3. The number of hydrogen-bond donors (Lipinski definition) is 2. The molecule has 6 heteroatoms. The molecule has 0 spiro atoms. The Bertz CT molecular complexity index is 973. The van der Waals surface area contributed by atoms with E-state index in [0.717, 1.165) is 56.2 Å². The van der Waals surface area contributed by atoms with E-state index < -0.39 is 0 Å². The molecule has 1 aromatic rings. The molecule has 33 heavy (non-hydrogen) atoms. The average Bonchev–Trinajstić information content (AvgIpc) is 3.45. The molecule has 0 aromatic heterocycles. The molecule has 0 bridgehead atoms. The fourth-order valence-corrected chi connectivity index (χ4v) is 6.21. The fourth-order valence-electron chi connectivity index (χ4n) is 6.21. The minimum absolute atomic E-state index is 0.0208. The second-order valence-corrected chi connectivity index (χ2v) is 10.6. The van der Waals surface area contributed by atoms with Crippen LogP contribution in [-0.2, 0) is 9.59 Å². The Morgan fingerprint density at radius 1 is 1.09 bits per heavy atom. The molecule has 6 nitrogen and oxygen atoms in total. The van der Waals surface area contributed by atoms with Crippen LogP contribution in [0.4, 0.5) is 5.69 Å². The lowest BCUT2D eigenvalue weighted by Gasteiger charge is -2.40. The van der Waals surface area contributed by atoms with Crippen molar-refractivity contribution in [1.29, 1.82) is 0 Å². The van der Waals surface area contributed by atoms with Gasteiger partial charge in [0, 0.05) is 30.4 Å². The number of likely N-dealkylation sites (tertiary alicyclic amines) is 1. The summed E-state index contributed by atoms with van der Waals surface area (Å²) in [6, 6.07) is 5.86. The fraction of sp³-hybridized carbons (Fsp3) is 0.593. The third-order valence-electron chi connectivity index (χ3n) is 8.29. The SMILES string of the molecule is CC1(C(=O)N2CCC(C3C(=O)Nc4ccc(C(=O)NC5CCCC5)cc43)CC2)CC=CCC1. The summed E-state index contributed by atoms with van der Waals surface area (Å²) in [6.45, 7) is 3.48. The van der Waals surface area contributed by atoms with Gasteiger partial charge in [0.2, 0.25) is 11.8 Å². The highest BCUT2D eigenvalue weighted by molar-refractivity contribution is 6.05. The first kappa shape index (κ1) is 22.2. The zero-order chi connectivity index (χ0) is 23.0.